The van der Waals surface area contributed by atoms with E-state index in [0.717, 1.165) is 12.8 Å². The van der Waals surface area contributed by atoms with Gasteiger partial charge >= 0.3 is 5.97 Å². The van der Waals surface area contributed by atoms with Gasteiger partial charge in [-0.2, -0.15) is 0 Å². The van der Waals surface area contributed by atoms with Crippen LogP contribution in [0.4, 0.5) is 0 Å². The third-order valence-corrected chi connectivity index (χ3v) is 3.64. The Balaban J connectivity index is 2.17. The van der Waals surface area contributed by atoms with Crippen LogP contribution in [-0.4, -0.2) is 16.2 Å². The van der Waals surface area contributed by atoms with E-state index in [-0.39, 0.29) is 11.6 Å². The minimum Gasteiger partial charge on any atom is -0.476 e. The molecule has 1 N–H and O–H groups in total. The van der Waals surface area contributed by atoms with E-state index in [0.29, 0.717) is 26.9 Å². The first-order valence-corrected chi connectivity index (χ1v) is 6.52. The minimum atomic E-state index is -1.08. The first kappa shape index (κ1) is 12.5. The highest BCUT2D eigenvalue weighted by Crippen LogP contribution is 2.47. The lowest BCUT2D eigenvalue weighted by atomic mass is 10.0. The largest absolute Gasteiger partial charge is 0.476 e. The molecule has 6 heteroatoms. The molecule has 1 aromatic carbocycles. The summed E-state index contributed by atoms with van der Waals surface area (Å²) < 4.78 is 5.21. The fraction of sp³-hybridized carbons (Fsp3) is 0.231. The predicted molar refractivity (Wildman–Crippen MR) is 70.9 cm³/mol. The van der Waals surface area contributed by atoms with E-state index in [9.17, 15) is 4.79 Å². The summed E-state index contributed by atoms with van der Waals surface area (Å²) in [6.07, 6.45) is 1.89. The Morgan fingerprint density at radius 3 is 2.68 bits per heavy atom. The zero-order valence-corrected chi connectivity index (χ0v) is 11.2. The number of carboxylic acid groups (broad SMARTS) is 1. The van der Waals surface area contributed by atoms with Crippen molar-refractivity contribution in [3.8, 4) is 11.3 Å². The van der Waals surface area contributed by atoms with Gasteiger partial charge in [0, 0.05) is 16.1 Å². The zero-order valence-electron chi connectivity index (χ0n) is 9.69. The maximum absolute atomic E-state index is 11.2. The number of benzene rings is 1. The van der Waals surface area contributed by atoms with Crippen LogP contribution >= 0.6 is 23.2 Å². The molecule has 0 spiro atoms. The van der Waals surface area contributed by atoms with Crippen LogP contribution in [-0.2, 0) is 0 Å². The Labute approximate surface area is 118 Å². The third kappa shape index (κ3) is 2.22. The van der Waals surface area contributed by atoms with Crippen LogP contribution in [0.15, 0.2) is 22.7 Å². The Morgan fingerprint density at radius 2 is 2.11 bits per heavy atom. The monoisotopic (exact) mass is 297 g/mol. The molecule has 98 valence electrons. The molecule has 1 aliphatic rings. The van der Waals surface area contributed by atoms with Crippen molar-refractivity contribution < 1.29 is 14.4 Å². The molecular weight excluding hydrogens is 289 g/mol. The van der Waals surface area contributed by atoms with E-state index in [1.54, 1.807) is 18.2 Å². The summed E-state index contributed by atoms with van der Waals surface area (Å²) in [5, 5.41) is 13.7. The second-order valence-electron chi connectivity index (χ2n) is 4.48. The van der Waals surface area contributed by atoms with E-state index in [1.807, 2.05) is 0 Å². The first-order chi connectivity index (χ1) is 9.08. The number of nitrogens with zero attached hydrogens (tertiary/aromatic N) is 1. The van der Waals surface area contributed by atoms with Crippen LogP contribution in [0, 0.1) is 0 Å². The van der Waals surface area contributed by atoms with Gasteiger partial charge in [-0.25, -0.2) is 4.79 Å². The molecule has 1 aromatic heterocycles. The standard InChI is InChI=1S/C13H9Cl2NO3/c14-7-3-4-8(9(15)5-7)12-10(6-1-2-6)11(13(17)18)16-19-12/h3-6H,1-2H2,(H,17,18). The Hall–Kier alpha value is -1.52. The number of aromatic nitrogens is 1. The van der Waals surface area contributed by atoms with Crippen molar-refractivity contribution >= 4 is 29.2 Å². The Morgan fingerprint density at radius 1 is 1.37 bits per heavy atom. The molecule has 2 aromatic rings. The molecule has 1 heterocycles. The molecule has 0 radical (unpaired) electrons. The van der Waals surface area contributed by atoms with Gasteiger partial charge in [0.05, 0.1) is 5.02 Å². The van der Waals surface area contributed by atoms with Crippen molar-refractivity contribution in [3.63, 3.8) is 0 Å². The summed E-state index contributed by atoms with van der Waals surface area (Å²) in [6, 6.07) is 4.99. The molecule has 0 amide bonds. The lowest BCUT2D eigenvalue weighted by Gasteiger charge is -2.03. The second-order valence-corrected chi connectivity index (χ2v) is 5.32. The van der Waals surface area contributed by atoms with Gasteiger partial charge < -0.3 is 9.63 Å². The van der Waals surface area contributed by atoms with E-state index >= 15 is 0 Å². The van der Waals surface area contributed by atoms with Gasteiger partial charge in [-0.3, -0.25) is 0 Å². The average Bonchev–Trinajstić information content (AvgIpc) is 3.08. The zero-order chi connectivity index (χ0) is 13.6. The summed E-state index contributed by atoms with van der Waals surface area (Å²) in [5.74, 6) is -0.456. The summed E-state index contributed by atoms with van der Waals surface area (Å²) in [7, 11) is 0. The van der Waals surface area contributed by atoms with E-state index in [2.05, 4.69) is 5.16 Å². The van der Waals surface area contributed by atoms with Gasteiger partial charge in [0.15, 0.2) is 11.5 Å². The number of hydrogen-bond acceptors (Lipinski definition) is 3. The highest BCUT2D eigenvalue weighted by molar-refractivity contribution is 6.36. The lowest BCUT2D eigenvalue weighted by molar-refractivity contribution is 0.0684. The molecule has 0 aliphatic heterocycles. The lowest BCUT2D eigenvalue weighted by Crippen LogP contribution is -2.00. The van der Waals surface area contributed by atoms with Gasteiger partial charge in [0.1, 0.15) is 0 Å². The van der Waals surface area contributed by atoms with Gasteiger partial charge in [0.2, 0.25) is 0 Å². The number of aromatic carboxylic acids is 1. The maximum Gasteiger partial charge on any atom is 0.358 e. The van der Waals surface area contributed by atoms with Gasteiger partial charge in [-0.1, -0.05) is 28.4 Å². The van der Waals surface area contributed by atoms with Crippen molar-refractivity contribution in [2.24, 2.45) is 0 Å². The van der Waals surface area contributed by atoms with Crippen molar-refractivity contribution in [3.05, 3.63) is 39.5 Å². The third-order valence-electron chi connectivity index (χ3n) is 3.09. The smallest absolute Gasteiger partial charge is 0.358 e. The summed E-state index contributed by atoms with van der Waals surface area (Å²) in [6.45, 7) is 0. The molecule has 0 unspecified atom stereocenters. The SMILES string of the molecule is O=C(O)c1noc(-c2ccc(Cl)cc2Cl)c1C1CC1. The van der Waals surface area contributed by atoms with Crippen LogP contribution in [0.5, 0.6) is 0 Å². The van der Waals surface area contributed by atoms with Crippen LogP contribution in [0.2, 0.25) is 10.0 Å². The highest BCUT2D eigenvalue weighted by Gasteiger charge is 2.35. The Bertz CT molecular complexity index is 662. The fourth-order valence-corrected chi connectivity index (χ4v) is 2.56. The Kier molecular flexibility index (Phi) is 2.99. The number of carboxylic acids is 1. The summed E-state index contributed by atoms with van der Waals surface area (Å²) >= 11 is 12.0. The van der Waals surface area contributed by atoms with Gasteiger partial charge in [0.25, 0.3) is 0 Å². The number of hydrogen-bond donors (Lipinski definition) is 1. The quantitative estimate of drug-likeness (QED) is 0.921. The van der Waals surface area contributed by atoms with Gasteiger partial charge in [-0.05, 0) is 37.0 Å². The summed E-state index contributed by atoms with van der Waals surface area (Å²) in [4.78, 5) is 11.2. The predicted octanol–water partition coefficient (Wildman–Crippen LogP) is 4.22. The molecule has 1 aliphatic carbocycles. The molecule has 1 saturated carbocycles. The van der Waals surface area contributed by atoms with Crippen molar-refractivity contribution in [2.45, 2.75) is 18.8 Å². The molecule has 19 heavy (non-hydrogen) atoms. The topological polar surface area (TPSA) is 63.3 Å². The number of rotatable bonds is 3. The highest BCUT2D eigenvalue weighted by atomic mass is 35.5. The first-order valence-electron chi connectivity index (χ1n) is 5.76. The number of carbonyl (C=O) groups is 1. The van der Waals surface area contributed by atoms with E-state index in [1.165, 1.54) is 0 Å². The maximum atomic E-state index is 11.2. The molecular formula is C13H9Cl2NO3. The van der Waals surface area contributed by atoms with Crippen molar-refractivity contribution in [1.82, 2.24) is 5.16 Å². The van der Waals surface area contributed by atoms with Crippen LogP contribution < -0.4 is 0 Å². The van der Waals surface area contributed by atoms with Crippen molar-refractivity contribution in [1.29, 1.82) is 0 Å². The molecule has 0 atom stereocenters. The fourth-order valence-electron chi connectivity index (χ4n) is 2.07. The van der Waals surface area contributed by atoms with Crippen LogP contribution in [0.25, 0.3) is 11.3 Å². The second kappa shape index (κ2) is 4.54. The molecule has 3 rings (SSSR count). The number of halogens is 2. The average molecular weight is 298 g/mol. The molecule has 0 bridgehead atoms. The minimum absolute atomic E-state index is 0.0245. The van der Waals surface area contributed by atoms with E-state index < -0.39 is 5.97 Å². The van der Waals surface area contributed by atoms with Crippen LogP contribution in [0.3, 0.4) is 0 Å². The molecule has 0 saturated heterocycles. The van der Waals surface area contributed by atoms with E-state index in [4.69, 9.17) is 32.8 Å². The normalized spacial score (nSPS) is 14.6. The molecule has 1 fully saturated rings. The van der Waals surface area contributed by atoms with Crippen molar-refractivity contribution in [2.75, 3.05) is 0 Å². The van der Waals surface area contributed by atoms with Crippen LogP contribution in [0.1, 0.15) is 34.8 Å². The molecule has 4 nitrogen and oxygen atoms in total. The summed E-state index contributed by atoms with van der Waals surface area (Å²) in [5.41, 5.74) is 1.23. The van der Waals surface area contributed by atoms with Gasteiger partial charge in [-0.15, -0.1) is 0 Å².